The number of amides is 1. The van der Waals surface area contributed by atoms with Gasteiger partial charge in [-0.25, -0.2) is 0 Å². The molecule has 0 radical (unpaired) electrons. The number of aliphatic hydroxyl groups is 1. The number of aromatic nitrogens is 2. The van der Waals surface area contributed by atoms with Crippen molar-refractivity contribution in [2.75, 3.05) is 11.9 Å². The van der Waals surface area contributed by atoms with E-state index in [1.165, 1.54) is 6.20 Å². The number of nitrogens with zero attached hydrogens (tertiary/aromatic N) is 1. The summed E-state index contributed by atoms with van der Waals surface area (Å²) in [6.07, 6.45) is 1.98. The zero-order valence-corrected chi connectivity index (χ0v) is 10.2. The highest BCUT2D eigenvalue weighted by molar-refractivity contribution is 6.02. The molecular formula is C14H13N3O2. The molecule has 1 heterocycles. The fourth-order valence-corrected chi connectivity index (χ4v) is 1.44. The van der Waals surface area contributed by atoms with Crippen LogP contribution in [0.15, 0.2) is 36.5 Å². The predicted molar refractivity (Wildman–Crippen MR) is 71.6 cm³/mol. The molecule has 0 saturated carbocycles. The summed E-state index contributed by atoms with van der Waals surface area (Å²) in [6, 6.07) is 8.78. The monoisotopic (exact) mass is 255 g/mol. The van der Waals surface area contributed by atoms with Crippen molar-refractivity contribution in [3.8, 4) is 11.8 Å². The Bertz CT molecular complexity index is 592. The van der Waals surface area contributed by atoms with Crippen molar-refractivity contribution in [1.29, 1.82) is 0 Å². The number of aromatic amines is 1. The third-order valence-electron chi connectivity index (χ3n) is 2.36. The lowest BCUT2D eigenvalue weighted by Gasteiger charge is -2.03. The highest BCUT2D eigenvalue weighted by Gasteiger charge is 2.06. The van der Waals surface area contributed by atoms with Crippen LogP contribution >= 0.6 is 0 Å². The molecule has 0 saturated heterocycles. The van der Waals surface area contributed by atoms with E-state index in [-0.39, 0.29) is 12.5 Å². The topological polar surface area (TPSA) is 78.0 Å². The van der Waals surface area contributed by atoms with Crippen molar-refractivity contribution >= 4 is 11.6 Å². The van der Waals surface area contributed by atoms with E-state index in [1.54, 1.807) is 18.2 Å². The molecule has 0 aliphatic heterocycles. The normalized spacial score (nSPS) is 9.53. The molecule has 2 aromatic rings. The molecule has 96 valence electrons. The van der Waals surface area contributed by atoms with E-state index in [2.05, 4.69) is 27.4 Å². The Morgan fingerprint density at radius 1 is 1.32 bits per heavy atom. The van der Waals surface area contributed by atoms with E-state index < -0.39 is 0 Å². The van der Waals surface area contributed by atoms with Crippen LogP contribution in [0, 0.1) is 11.8 Å². The van der Waals surface area contributed by atoms with Gasteiger partial charge >= 0.3 is 0 Å². The van der Waals surface area contributed by atoms with Crippen LogP contribution in [0.3, 0.4) is 0 Å². The molecule has 5 heteroatoms. The summed E-state index contributed by atoms with van der Waals surface area (Å²) in [7, 11) is 0. The smallest absolute Gasteiger partial charge is 0.273 e. The molecule has 19 heavy (non-hydrogen) atoms. The summed E-state index contributed by atoms with van der Waals surface area (Å²) in [5.41, 5.74) is 1.94. The van der Waals surface area contributed by atoms with Crippen molar-refractivity contribution in [2.24, 2.45) is 0 Å². The molecule has 0 aliphatic carbocycles. The van der Waals surface area contributed by atoms with Gasteiger partial charge in [0.1, 0.15) is 5.69 Å². The third-order valence-corrected chi connectivity index (χ3v) is 2.36. The summed E-state index contributed by atoms with van der Waals surface area (Å²) in [5, 5.41) is 17.7. The summed E-state index contributed by atoms with van der Waals surface area (Å²) < 4.78 is 0. The van der Waals surface area contributed by atoms with Crippen molar-refractivity contribution in [3.63, 3.8) is 0 Å². The molecule has 1 aromatic carbocycles. The Hall–Kier alpha value is -2.58. The number of anilines is 1. The molecular weight excluding hydrogens is 242 g/mol. The number of hydrogen-bond donors (Lipinski definition) is 3. The Kier molecular flexibility index (Phi) is 4.32. The van der Waals surface area contributed by atoms with E-state index in [0.29, 0.717) is 17.8 Å². The van der Waals surface area contributed by atoms with Crippen molar-refractivity contribution in [1.82, 2.24) is 10.2 Å². The summed E-state index contributed by atoms with van der Waals surface area (Å²) >= 11 is 0. The van der Waals surface area contributed by atoms with Gasteiger partial charge in [0.15, 0.2) is 0 Å². The third kappa shape index (κ3) is 3.69. The minimum Gasteiger partial charge on any atom is -0.395 e. The maximum absolute atomic E-state index is 11.7. The van der Waals surface area contributed by atoms with Gasteiger partial charge in [-0.3, -0.25) is 9.89 Å². The van der Waals surface area contributed by atoms with Crippen LogP contribution in [0.25, 0.3) is 0 Å². The second-order valence-corrected chi connectivity index (χ2v) is 3.78. The first-order chi connectivity index (χ1) is 9.29. The van der Waals surface area contributed by atoms with E-state index >= 15 is 0 Å². The Balaban J connectivity index is 1.99. The van der Waals surface area contributed by atoms with Crippen LogP contribution in [-0.4, -0.2) is 27.8 Å². The number of benzene rings is 1. The number of H-pyrrole nitrogens is 1. The molecule has 5 nitrogen and oxygen atoms in total. The van der Waals surface area contributed by atoms with Crippen molar-refractivity contribution in [3.05, 3.63) is 47.8 Å². The molecule has 0 atom stereocenters. The number of carbonyl (C=O) groups is 1. The predicted octanol–water partition coefficient (Wildman–Crippen LogP) is 1.40. The molecule has 1 amide bonds. The highest BCUT2D eigenvalue weighted by Crippen LogP contribution is 2.10. The highest BCUT2D eigenvalue weighted by atomic mass is 16.2. The van der Waals surface area contributed by atoms with Gasteiger partial charge in [-0.2, -0.15) is 5.10 Å². The standard InChI is InChI=1S/C14H13N3O2/c18-10-2-1-3-11-4-6-12(7-5-11)16-14(19)13-8-9-15-17-13/h4-9,18H,2,10H2,(H,15,17)(H,16,19). The minimum absolute atomic E-state index is 0.0608. The number of rotatable bonds is 3. The van der Waals surface area contributed by atoms with Crippen LogP contribution in [0.2, 0.25) is 0 Å². The molecule has 2 rings (SSSR count). The Morgan fingerprint density at radius 3 is 2.74 bits per heavy atom. The first-order valence-electron chi connectivity index (χ1n) is 5.80. The Labute approximate surface area is 110 Å². The fraction of sp³-hybridized carbons (Fsp3) is 0.143. The van der Waals surface area contributed by atoms with E-state index in [9.17, 15) is 4.79 Å². The summed E-state index contributed by atoms with van der Waals surface area (Å²) in [5.74, 6) is 5.51. The van der Waals surface area contributed by atoms with Gasteiger partial charge in [-0.05, 0) is 30.3 Å². The second-order valence-electron chi connectivity index (χ2n) is 3.78. The average Bonchev–Trinajstić information content (AvgIpc) is 2.95. The molecule has 1 aromatic heterocycles. The summed E-state index contributed by atoms with van der Waals surface area (Å²) in [4.78, 5) is 11.7. The van der Waals surface area contributed by atoms with Gasteiger partial charge in [0.25, 0.3) is 5.91 Å². The Morgan fingerprint density at radius 2 is 2.11 bits per heavy atom. The van der Waals surface area contributed by atoms with Crippen LogP contribution < -0.4 is 5.32 Å². The zero-order valence-electron chi connectivity index (χ0n) is 10.2. The maximum atomic E-state index is 11.7. The number of carbonyl (C=O) groups excluding carboxylic acids is 1. The number of hydrogen-bond acceptors (Lipinski definition) is 3. The SMILES string of the molecule is O=C(Nc1ccc(C#CCCO)cc1)c1ccn[nH]1. The molecule has 0 spiro atoms. The zero-order chi connectivity index (χ0) is 13.5. The van der Waals surface area contributed by atoms with Gasteiger partial charge < -0.3 is 10.4 Å². The average molecular weight is 255 g/mol. The van der Waals surface area contributed by atoms with Crippen LogP contribution in [-0.2, 0) is 0 Å². The molecule has 0 aliphatic rings. The quantitative estimate of drug-likeness (QED) is 0.725. The van der Waals surface area contributed by atoms with Crippen molar-refractivity contribution in [2.45, 2.75) is 6.42 Å². The summed E-state index contributed by atoms with van der Waals surface area (Å²) in [6.45, 7) is 0.0608. The first kappa shape index (κ1) is 12.9. The van der Waals surface area contributed by atoms with Crippen LogP contribution in [0.4, 0.5) is 5.69 Å². The van der Waals surface area contributed by atoms with Gasteiger partial charge in [-0.1, -0.05) is 11.8 Å². The lowest BCUT2D eigenvalue weighted by molar-refractivity contribution is 0.102. The number of aliphatic hydroxyl groups excluding tert-OH is 1. The first-order valence-corrected chi connectivity index (χ1v) is 5.80. The molecule has 3 N–H and O–H groups in total. The van der Waals surface area contributed by atoms with E-state index in [0.717, 1.165) is 5.56 Å². The van der Waals surface area contributed by atoms with Crippen molar-refractivity contribution < 1.29 is 9.90 Å². The van der Waals surface area contributed by atoms with E-state index in [1.807, 2.05) is 12.1 Å². The molecule has 0 bridgehead atoms. The minimum atomic E-state index is -0.239. The fourth-order valence-electron chi connectivity index (χ4n) is 1.44. The van der Waals surface area contributed by atoms with Gasteiger partial charge in [0.2, 0.25) is 0 Å². The lowest BCUT2D eigenvalue weighted by atomic mass is 10.2. The molecule has 0 unspecified atom stereocenters. The van der Waals surface area contributed by atoms with Gasteiger partial charge in [0.05, 0.1) is 6.61 Å². The van der Waals surface area contributed by atoms with Gasteiger partial charge in [-0.15, -0.1) is 0 Å². The van der Waals surface area contributed by atoms with Gasteiger partial charge in [0, 0.05) is 23.9 Å². The largest absolute Gasteiger partial charge is 0.395 e. The lowest BCUT2D eigenvalue weighted by Crippen LogP contribution is -2.12. The molecule has 0 fully saturated rings. The maximum Gasteiger partial charge on any atom is 0.273 e. The van der Waals surface area contributed by atoms with Crippen LogP contribution in [0.5, 0.6) is 0 Å². The van der Waals surface area contributed by atoms with E-state index in [4.69, 9.17) is 5.11 Å². The van der Waals surface area contributed by atoms with Crippen LogP contribution in [0.1, 0.15) is 22.5 Å². The second kappa shape index (κ2) is 6.38. The number of nitrogens with one attached hydrogen (secondary N) is 2.